The highest BCUT2D eigenvalue weighted by Gasteiger charge is 2.33. The van der Waals surface area contributed by atoms with E-state index in [1.54, 1.807) is 26.0 Å². The van der Waals surface area contributed by atoms with E-state index in [0.29, 0.717) is 58.6 Å². The molecule has 0 bridgehead atoms. The molecule has 1 N–H and O–H groups in total. The minimum Gasteiger partial charge on any atom is -0.363 e. The van der Waals surface area contributed by atoms with Crippen LogP contribution in [0.25, 0.3) is 11.6 Å². The number of nitrogens with one attached hydrogen (secondary N) is 1. The van der Waals surface area contributed by atoms with Crippen LogP contribution in [-0.4, -0.2) is 33.5 Å². The van der Waals surface area contributed by atoms with E-state index in [-0.39, 0.29) is 0 Å². The number of hydrogen-bond donors (Lipinski definition) is 1. The Morgan fingerprint density at radius 1 is 1.17 bits per heavy atom. The molecular formula is C25H22F4N6O. The summed E-state index contributed by atoms with van der Waals surface area (Å²) in [5.74, 6) is 2.21. The highest BCUT2D eigenvalue weighted by Crippen LogP contribution is 2.39. The van der Waals surface area contributed by atoms with Gasteiger partial charge in [0.2, 0.25) is 0 Å². The van der Waals surface area contributed by atoms with Crippen molar-refractivity contribution in [1.29, 1.82) is 0 Å². The van der Waals surface area contributed by atoms with Crippen molar-refractivity contribution in [3.8, 4) is 0 Å². The second-order valence-electron chi connectivity index (χ2n) is 8.60. The highest BCUT2D eigenvalue weighted by molar-refractivity contribution is 6.36. The predicted molar refractivity (Wildman–Crippen MR) is 130 cm³/mol. The van der Waals surface area contributed by atoms with Gasteiger partial charge in [-0.05, 0) is 49.2 Å². The largest absolute Gasteiger partial charge is 0.416 e. The second kappa shape index (κ2) is 8.89. The van der Waals surface area contributed by atoms with Crippen molar-refractivity contribution in [2.75, 3.05) is 23.3 Å². The monoisotopic (exact) mass is 498 g/mol. The molecule has 0 spiro atoms. The molecule has 2 aliphatic rings. The van der Waals surface area contributed by atoms with E-state index in [4.69, 9.17) is 0 Å². The summed E-state index contributed by atoms with van der Waals surface area (Å²) in [4.78, 5) is 28.0. The molecule has 1 unspecified atom stereocenters. The van der Waals surface area contributed by atoms with Crippen LogP contribution in [0.5, 0.6) is 0 Å². The molecule has 1 atom stereocenters. The number of aliphatic imine (C=N–C) groups is 1. The Labute approximate surface area is 203 Å². The number of fused-ring (bicyclic) bond motifs is 3. The number of amidine groups is 1. The average molecular weight is 498 g/mol. The van der Waals surface area contributed by atoms with Gasteiger partial charge in [0, 0.05) is 30.4 Å². The molecule has 0 saturated carbocycles. The second-order valence-corrected chi connectivity index (χ2v) is 8.60. The number of halogens is 4. The number of hydrogen-bond acceptors (Lipinski definition) is 6. The molecule has 3 aromatic rings. The van der Waals surface area contributed by atoms with Gasteiger partial charge in [-0.3, -0.25) is 14.4 Å². The molecule has 4 heterocycles. The number of aryl methyl sites for hydroxylation is 1. The zero-order chi connectivity index (χ0) is 25.6. The van der Waals surface area contributed by atoms with Crippen LogP contribution in [0, 0.1) is 6.92 Å². The molecule has 5 rings (SSSR count). The number of benzene rings is 1. The highest BCUT2D eigenvalue weighted by atomic mass is 19.4. The number of alkyl halides is 4. The van der Waals surface area contributed by atoms with Gasteiger partial charge in [-0.2, -0.15) is 13.2 Å². The van der Waals surface area contributed by atoms with E-state index in [9.17, 15) is 22.4 Å². The SMILES string of the molecule is Cc1nc(NC(C)c2cccc(C(F)(F)F)c2)c2c(n1)N1CCN=C1C(c1ccn(CF)c(=O)c1)=C2. The van der Waals surface area contributed by atoms with Gasteiger partial charge in [-0.25, -0.2) is 14.4 Å². The Balaban J connectivity index is 1.58. The predicted octanol–water partition coefficient (Wildman–Crippen LogP) is 4.84. The maximum absolute atomic E-state index is 13.2. The van der Waals surface area contributed by atoms with Gasteiger partial charge in [0.15, 0.2) is 6.80 Å². The normalized spacial score (nSPS) is 15.7. The van der Waals surface area contributed by atoms with Crippen LogP contribution in [0.4, 0.5) is 29.2 Å². The van der Waals surface area contributed by atoms with Crippen molar-refractivity contribution in [3.05, 3.63) is 81.0 Å². The summed E-state index contributed by atoms with van der Waals surface area (Å²) < 4.78 is 53.7. The molecule has 2 aliphatic heterocycles. The van der Waals surface area contributed by atoms with Crippen molar-refractivity contribution in [2.45, 2.75) is 32.9 Å². The summed E-state index contributed by atoms with van der Waals surface area (Å²) in [5, 5.41) is 3.24. The Morgan fingerprint density at radius 2 is 1.97 bits per heavy atom. The Kier molecular flexibility index (Phi) is 5.85. The number of nitrogens with zero attached hydrogens (tertiary/aromatic N) is 5. The third-order valence-corrected chi connectivity index (χ3v) is 6.17. The summed E-state index contributed by atoms with van der Waals surface area (Å²) >= 11 is 0. The third kappa shape index (κ3) is 4.25. The van der Waals surface area contributed by atoms with Crippen LogP contribution in [0.15, 0.2) is 52.4 Å². The van der Waals surface area contributed by atoms with Crippen molar-refractivity contribution in [1.82, 2.24) is 14.5 Å². The first-order valence-electron chi connectivity index (χ1n) is 11.3. The van der Waals surface area contributed by atoms with Crippen molar-refractivity contribution < 1.29 is 17.6 Å². The van der Waals surface area contributed by atoms with E-state index in [1.165, 1.54) is 18.3 Å². The molecule has 36 heavy (non-hydrogen) atoms. The van der Waals surface area contributed by atoms with Gasteiger partial charge in [0.25, 0.3) is 5.56 Å². The van der Waals surface area contributed by atoms with Gasteiger partial charge in [-0.15, -0.1) is 0 Å². The third-order valence-electron chi connectivity index (χ3n) is 6.17. The summed E-state index contributed by atoms with van der Waals surface area (Å²) in [6, 6.07) is 7.65. The van der Waals surface area contributed by atoms with E-state index >= 15 is 0 Å². The topological polar surface area (TPSA) is 75.4 Å². The Morgan fingerprint density at radius 3 is 2.69 bits per heavy atom. The molecule has 0 fully saturated rings. The maximum Gasteiger partial charge on any atom is 0.416 e. The molecule has 1 aromatic carbocycles. The standard InChI is InChI=1S/C25H22F4N6O/c1-14(16-4-3-5-18(10-16)25(27,28)29)31-22-20-12-19(17-6-8-34(13-26)21(36)11-17)23-30-7-9-35(23)24(20)33-15(2)32-22/h3-6,8,10-12,14H,7,9,13H2,1-2H3,(H,31,32,33). The van der Waals surface area contributed by atoms with Gasteiger partial charge in [0.05, 0.1) is 17.7 Å². The van der Waals surface area contributed by atoms with Crippen LogP contribution in [0.3, 0.4) is 0 Å². The van der Waals surface area contributed by atoms with E-state index in [2.05, 4.69) is 20.3 Å². The maximum atomic E-state index is 13.2. The van der Waals surface area contributed by atoms with Gasteiger partial charge in [0.1, 0.15) is 23.3 Å². The fourth-order valence-corrected chi connectivity index (χ4v) is 4.37. The molecule has 0 saturated heterocycles. The first kappa shape index (κ1) is 23.7. The zero-order valence-electron chi connectivity index (χ0n) is 19.5. The lowest BCUT2D eigenvalue weighted by atomic mass is 9.98. The quantitative estimate of drug-likeness (QED) is 0.510. The van der Waals surface area contributed by atoms with Gasteiger partial charge < -0.3 is 10.2 Å². The van der Waals surface area contributed by atoms with Crippen molar-refractivity contribution in [3.63, 3.8) is 0 Å². The van der Waals surface area contributed by atoms with E-state index in [0.717, 1.165) is 16.7 Å². The molecule has 2 aromatic heterocycles. The fourth-order valence-electron chi connectivity index (χ4n) is 4.37. The minimum atomic E-state index is -4.44. The number of aromatic nitrogens is 3. The van der Waals surface area contributed by atoms with E-state index in [1.807, 2.05) is 11.0 Å². The molecule has 0 amide bonds. The first-order chi connectivity index (χ1) is 17.2. The zero-order valence-corrected chi connectivity index (χ0v) is 19.5. The average Bonchev–Trinajstić information content (AvgIpc) is 3.33. The van der Waals surface area contributed by atoms with Crippen LogP contribution >= 0.6 is 0 Å². The van der Waals surface area contributed by atoms with Crippen molar-refractivity contribution in [2.24, 2.45) is 4.99 Å². The Hall–Kier alpha value is -4.02. The van der Waals surface area contributed by atoms with E-state index < -0.39 is 30.1 Å². The lowest BCUT2D eigenvalue weighted by Crippen LogP contribution is -2.33. The molecule has 186 valence electrons. The lowest BCUT2D eigenvalue weighted by Gasteiger charge is -2.29. The van der Waals surface area contributed by atoms with Gasteiger partial charge in [-0.1, -0.05) is 12.1 Å². The number of rotatable bonds is 5. The van der Waals surface area contributed by atoms with Crippen LogP contribution in [0.2, 0.25) is 0 Å². The van der Waals surface area contributed by atoms with Crippen LogP contribution in [-0.2, 0) is 13.0 Å². The van der Waals surface area contributed by atoms with Crippen LogP contribution < -0.4 is 15.8 Å². The number of pyridine rings is 1. The first-order valence-corrected chi connectivity index (χ1v) is 11.3. The molecular weight excluding hydrogens is 476 g/mol. The summed E-state index contributed by atoms with van der Waals surface area (Å²) in [6.45, 7) is 3.67. The molecule has 7 nitrogen and oxygen atoms in total. The fraction of sp³-hybridized carbons (Fsp3) is 0.280. The Bertz CT molecular complexity index is 1460. The van der Waals surface area contributed by atoms with Gasteiger partial charge >= 0.3 is 6.18 Å². The summed E-state index contributed by atoms with van der Waals surface area (Å²) in [6.07, 6.45) is -1.25. The van der Waals surface area contributed by atoms with Crippen LogP contribution in [0.1, 0.15) is 41.0 Å². The van der Waals surface area contributed by atoms with Crippen molar-refractivity contribution >= 4 is 29.1 Å². The molecule has 0 aliphatic carbocycles. The summed E-state index contributed by atoms with van der Waals surface area (Å²) in [5.41, 5.74) is 1.10. The smallest absolute Gasteiger partial charge is 0.363 e. The summed E-state index contributed by atoms with van der Waals surface area (Å²) in [7, 11) is 0. The lowest BCUT2D eigenvalue weighted by molar-refractivity contribution is -0.137. The number of anilines is 2. The minimum absolute atomic E-state index is 0.447. The molecule has 11 heteroatoms. The molecule has 0 radical (unpaired) electrons.